The van der Waals surface area contributed by atoms with E-state index in [0.717, 1.165) is 28.3 Å². The molecule has 39 heavy (non-hydrogen) atoms. The van der Waals surface area contributed by atoms with Crippen molar-refractivity contribution in [1.29, 1.82) is 0 Å². The number of hydrogen-bond donors (Lipinski definition) is 1. The van der Waals surface area contributed by atoms with E-state index in [0.29, 0.717) is 22.3 Å². The maximum absolute atomic E-state index is 12.9. The number of carbonyl (C=O) groups excluding carboxylic acids is 2. The van der Waals surface area contributed by atoms with Crippen LogP contribution in [0.3, 0.4) is 0 Å². The Kier molecular flexibility index (Phi) is 7.90. The van der Waals surface area contributed by atoms with E-state index in [4.69, 9.17) is 21.4 Å². The summed E-state index contributed by atoms with van der Waals surface area (Å²) in [5, 5.41) is 10.0. The molecule has 8 nitrogen and oxygen atoms in total. The second kappa shape index (κ2) is 11.5. The molecule has 0 aromatic heterocycles. The van der Waals surface area contributed by atoms with Gasteiger partial charge in [-0.25, -0.2) is 5.01 Å². The van der Waals surface area contributed by atoms with Gasteiger partial charge in [0.25, 0.3) is 5.91 Å². The molecule has 10 heteroatoms. The zero-order valence-corrected chi connectivity index (χ0v) is 23.4. The van der Waals surface area contributed by atoms with Gasteiger partial charge in [0.05, 0.1) is 18.9 Å². The van der Waals surface area contributed by atoms with Crippen LogP contribution in [0.1, 0.15) is 30.0 Å². The first-order valence-electron chi connectivity index (χ1n) is 12.4. The summed E-state index contributed by atoms with van der Waals surface area (Å²) in [5.41, 5.74) is 4.64. The molecule has 0 spiro atoms. The van der Waals surface area contributed by atoms with Gasteiger partial charge < -0.3 is 15.0 Å². The fourth-order valence-corrected chi connectivity index (χ4v) is 5.60. The van der Waals surface area contributed by atoms with Gasteiger partial charge in [-0.3, -0.25) is 9.59 Å². The maximum Gasteiger partial charge on any atom is 0.262 e. The van der Waals surface area contributed by atoms with Gasteiger partial charge >= 0.3 is 0 Å². The quantitative estimate of drug-likeness (QED) is 0.404. The Labute approximate surface area is 236 Å². The van der Waals surface area contributed by atoms with Crippen LogP contribution < -0.4 is 15.0 Å². The number of hydrazone groups is 1. The lowest BCUT2D eigenvalue weighted by atomic mass is 9.98. The number of hydrogen-bond acceptors (Lipinski definition) is 7. The highest BCUT2D eigenvalue weighted by Crippen LogP contribution is 2.39. The van der Waals surface area contributed by atoms with Gasteiger partial charge in [0.15, 0.2) is 5.17 Å². The number of halogens is 1. The first-order valence-corrected chi connectivity index (χ1v) is 13.7. The SMILES string of the molecule is COc1ccc(C2=NN(C3=NC(=O)C(CC(=O)Nc4ccc(Cl)cc4)S3)C(c3ccc(N(C)C)cc3)C2)cc1. The maximum atomic E-state index is 12.9. The van der Waals surface area contributed by atoms with Crippen molar-refractivity contribution in [2.45, 2.75) is 24.1 Å². The van der Waals surface area contributed by atoms with Crippen LogP contribution in [-0.4, -0.2) is 54.2 Å². The molecule has 3 aromatic carbocycles. The van der Waals surface area contributed by atoms with Crippen LogP contribution in [0.4, 0.5) is 11.4 Å². The number of rotatable bonds is 7. The molecule has 2 atom stereocenters. The number of ether oxygens (including phenoxy) is 1. The normalized spacial score (nSPS) is 18.6. The Hall–Kier alpha value is -3.82. The summed E-state index contributed by atoms with van der Waals surface area (Å²) in [6.45, 7) is 0. The van der Waals surface area contributed by atoms with Gasteiger partial charge in [0.1, 0.15) is 11.0 Å². The third-order valence-corrected chi connectivity index (χ3v) is 7.95. The molecule has 2 unspecified atom stereocenters. The summed E-state index contributed by atoms with van der Waals surface area (Å²) < 4.78 is 5.30. The molecule has 0 saturated carbocycles. The Balaban J connectivity index is 1.36. The number of methoxy groups -OCH3 is 1. The molecule has 1 N–H and O–H groups in total. The lowest BCUT2D eigenvalue weighted by Gasteiger charge is -2.24. The van der Waals surface area contributed by atoms with Crippen LogP contribution in [0.15, 0.2) is 82.9 Å². The van der Waals surface area contributed by atoms with Crippen molar-refractivity contribution >= 4 is 57.4 Å². The molecule has 2 aliphatic rings. The van der Waals surface area contributed by atoms with E-state index in [1.165, 1.54) is 11.8 Å². The molecule has 0 radical (unpaired) electrons. The number of amidine groups is 1. The predicted molar refractivity (Wildman–Crippen MR) is 158 cm³/mol. The third kappa shape index (κ3) is 6.10. The van der Waals surface area contributed by atoms with E-state index in [9.17, 15) is 9.59 Å². The van der Waals surface area contributed by atoms with Crippen LogP contribution in [0.2, 0.25) is 5.02 Å². The predicted octanol–water partition coefficient (Wildman–Crippen LogP) is 5.59. The van der Waals surface area contributed by atoms with Crippen LogP contribution in [0.5, 0.6) is 5.75 Å². The van der Waals surface area contributed by atoms with E-state index >= 15 is 0 Å². The van der Waals surface area contributed by atoms with Crippen molar-refractivity contribution in [1.82, 2.24) is 5.01 Å². The van der Waals surface area contributed by atoms with Gasteiger partial charge in [0.2, 0.25) is 5.91 Å². The molecule has 2 aliphatic heterocycles. The van der Waals surface area contributed by atoms with Crippen molar-refractivity contribution < 1.29 is 14.3 Å². The second-order valence-corrected chi connectivity index (χ2v) is 11.0. The zero-order valence-electron chi connectivity index (χ0n) is 21.8. The number of anilines is 2. The highest BCUT2D eigenvalue weighted by atomic mass is 35.5. The lowest BCUT2D eigenvalue weighted by Crippen LogP contribution is -2.25. The molecule has 2 amide bonds. The summed E-state index contributed by atoms with van der Waals surface area (Å²) in [6, 6.07) is 22.8. The third-order valence-electron chi connectivity index (χ3n) is 6.55. The molecule has 0 saturated heterocycles. The number of aliphatic imine (C=N–C) groups is 1. The minimum Gasteiger partial charge on any atom is -0.497 e. The van der Waals surface area contributed by atoms with Gasteiger partial charge in [0, 0.05) is 43.3 Å². The van der Waals surface area contributed by atoms with E-state index in [-0.39, 0.29) is 24.3 Å². The Morgan fingerprint density at radius 2 is 1.77 bits per heavy atom. The monoisotopic (exact) mass is 561 g/mol. The Bertz CT molecular complexity index is 1420. The topological polar surface area (TPSA) is 86.6 Å². The standard InChI is InChI=1S/C29H28ClN5O3S/c1-34(2)22-12-4-19(5-13-22)25-16-24(18-6-14-23(38-3)15-7-18)33-35(25)29-32-28(37)26(39-29)17-27(36)31-21-10-8-20(30)9-11-21/h4-15,25-26H,16-17H2,1-3H3,(H,31,36). The molecule has 2 heterocycles. The van der Waals surface area contributed by atoms with E-state index in [1.54, 1.807) is 31.4 Å². The highest BCUT2D eigenvalue weighted by molar-refractivity contribution is 8.15. The molecule has 5 rings (SSSR count). The number of amides is 2. The van der Waals surface area contributed by atoms with Crippen LogP contribution >= 0.6 is 23.4 Å². The molecule has 0 fully saturated rings. The molecule has 3 aromatic rings. The fraction of sp³-hybridized carbons (Fsp3) is 0.241. The summed E-state index contributed by atoms with van der Waals surface area (Å²) in [4.78, 5) is 31.9. The second-order valence-electron chi connectivity index (χ2n) is 9.42. The molecule has 200 valence electrons. The number of nitrogens with zero attached hydrogens (tertiary/aromatic N) is 4. The fourth-order valence-electron chi connectivity index (χ4n) is 4.42. The van der Waals surface area contributed by atoms with Gasteiger partial charge in [-0.2, -0.15) is 10.1 Å². The van der Waals surface area contributed by atoms with Gasteiger partial charge in [-0.1, -0.05) is 35.5 Å². The summed E-state index contributed by atoms with van der Waals surface area (Å²) in [5.74, 6) is 0.168. The number of nitrogens with one attached hydrogen (secondary N) is 1. The lowest BCUT2D eigenvalue weighted by molar-refractivity contribution is -0.121. The zero-order chi connectivity index (χ0) is 27.5. The van der Waals surface area contributed by atoms with Gasteiger partial charge in [-0.15, -0.1) is 0 Å². The smallest absolute Gasteiger partial charge is 0.262 e. The van der Waals surface area contributed by atoms with Crippen molar-refractivity contribution in [2.75, 3.05) is 31.4 Å². The molecule has 0 bridgehead atoms. The summed E-state index contributed by atoms with van der Waals surface area (Å²) in [7, 11) is 5.64. The number of thioether (sulfide) groups is 1. The highest BCUT2D eigenvalue weighted by Gasteiger charge is 2.39. The first-order chi connectivity index (χ1) is 18.8. The summed E-state index contributed by atoms with van der Waals surface area (Å²) in [6.07, 6.45) is 0.646. The average Bonchev–Trinajstić information content (AvgIpc) is 3.54. The largest absolute Gasteiger partial charge is 0.497 e. The van der Waals surface area contributed by atoms with Crippen molar-refractivity contribution in [3.05, 3.63) is 88.9 Å². The summed E-state index contributed by atoms with van der Waals surface area (Å²) >= 11 is 7.20. The molecular formula is C29H28ClN5O3S. The average molecular weight is 562 g/mol. The van der Waals surface area contributed by atoms with Crippen molar-refractivity contribution in [2.24, 2.45) is 10.1 Å². The number of carbonyl (C=O) groups is 2. The molecule has 0 aliphatic carbocycles. The molecular weight excluding hydrogens is 534 g/mol. The van der Waals surface area contributed by atoms with Crippen LogP contribution in [-0.2, 0) is 9.59 Å². The Morgan fingerprint density at radius 3 is 2.41 bits per heavy atom. The first kappa shape index (κ1) is 26.8. The van der Waals surface area contributed by atoms with Crippen molar-refractivity contribution in [3.8, 4) is 5.75 Å². The van der Waals surface area contributed by atoms with Gasteiger partial charge in [-0.05, 0) is 71.8 Å². The Morgan fingerprint density at radius 1 is 1.08 bits per heavy atom. The minimum absolute atomic E-state index is 0.00418. The van der Waals surface area contributed by atoms with E-state index in [2.05, 4.69) is 34.6 Å². The van der Waals surface area contributed by atoms with E-state index < -0.39 is 5.25 Å². The van der Waals surface area contributed by atoms with Crippen LogP contribution in [0, 0.1) is 0 Å². The van der Waals surface area contributed by atoms with Crippen LogP contribution in [0.25, 0.3) is 0 Å². The minimum atomic E-state index is -0.621. The van der Waals surface area contributed by atoms with E-state index in [1.807, 2.05) is 48.3 Å². The van der Waals surface area contributed by atoms with Crippen molar-refractivity contribution in [3.63, 3.8) is 0 Å². The number of benzene rings is 3.